The van der Waals surface area contributed by atoms with Crippen LogP contribution in [0.1, 0.15) is 119 Å². The molecule has 70 heavy (non-hydrogen) atoms. The number of ether oxygens (including phenoxy) is 3. The van der Waals surface area contributed by atoms with E-state index in [0.717, 1.165) is 13.2 Å². The summed E-state index contributed by atoms with van der Waals surface area (Å²) >= 11 is 0. The van der Waals surface area contributed by atoms with Crippen molar-refractivity contribution in [3.8, 4) is 11.4 Å². The summed E-state index contributed by atoms with van der Waals surface area (Å²) in [5.74, 6) is -0.262. The van der Waals surface area contributed by atoms with Gasteiger partial charge in [0.05, 0.1) is 45.0 Å². The number of aldehydes is 1. The molecule has 0 radical (unpaired) electrons. The van der Waals surface area contributed by atoms with Crippen LogP contribution in [0.25, 0.3) is 33.2 Å². The number of aromatic nitrogens is 4. The molecular weight excluding hydrogens is 899 g/mol. The molecule has 1 saturated heterocycles. The summed E-state index contributed by atoms with van der Waals surface area (Å²) in [7, 11) is 0. The Morgan fingerprint density at radius 1 is 0.643 bits per heavy atom. The van der Waals surface area contributed by atoms with E-state index in [9.17, 15) is 37.5 Å². The van der Waals surface area contributed by atoms with Crippen LogP contribution in [0.15, 0.2) is 94.5 Å². The van der Waals surface area contributed by atoms with Gasteiger partial charge in [0.1, 0.15) is 40.8 Å². The molecule has 0 N–H and O–H groups in total. The second kappa shape index (κ2) is 21.5. The minimum absolute atomic E-state index is 0.109. The van der Waals surface area contributed by atoms with Gasteiger partial charge in [-0.25, -0.2) is 18.7 Å². The Hall–Kier alpha value is -6.74. The van der Waals surface area contributed by atoms with Crippen molar-refractivity contribution in [3.63, 3.8) is 0 Å². The number of rotatable bonds is 10. The van der Waals surface area contributed by atoms with Crippen LogP contribution in [0, 0.1) is 35.3 Å². The van der Waals surface area contributed by atoms with Gasteiger partial charge in [-0.15, -0.1) is 0 Å². The van der Waals surface area contributed by atoms with E-state index in [0.29, 0.717) is 101 Å². The molecule has 0 amide bonds. The maximum Gasteiger partial charge on any atom is 0.309 e. The van der Waals surface area contributed by atoms with Gasteiger partial charge in [0.25, 0.3) is 11.1 Å². The van der Waals surface area contributed by atoms with Crippen molar-refractivity contribution in [2.45, 2.75) is 111 Å². The van der Waals surface area contributed by atoms with Gasteiger partial charge in [0.15, 0.2) is 5.78 Å². The minimum atomic E-state index is -0.528. The topological polar surface area (TPSA) is 166 Å². The molecule has 15 heteroatoms. The van der Waals surface area contributed by atoms with Crippen molar-refractivity contribution < 1.29 is 42.2 Å². The van der Waals surface area contributed by atoms with Gasteiger partial charge in [0, 0.05) is 37.2 Å². The Morgan fingerprint density at radius 3 is 1.43 bits per heavy atom. The van der Waals surface area contributed by atoms with Crippen molar-refractivity contribution in [3.05, 3.63) is 140 Å². The van der Waals surface area contributed by atoms with Crippen molar-refractivity contribution in [1.82, 2.24) is 19.1 Å². The molecule has 3 aliphatic rings. The van der Waals surface area contributed by atoms with Gasteiger partial charge >= 0.3 is 11.9 Å². The Kier molecular flexibility index (Phi) is 15.7. The molecule has 0 atom stereocenters. The first-order chi connectivity index (χ1) is 33.2. The summed E-state index contributed by atoms with van der Waals surface area (Å²) in [6, 6.07) is 21.0. The Labute approximate surface area is 405 Å². The molecule has 1 aliphatic heterocycles. The average molecular weight is 959 g/mol. The van der Waals surface area contributed by atoms with E-state index in [2.05, 4.69) is 4.98 Å². The number of carbonyl (C=O) groups is 4. The van der Waals surface area contributed by atoms with Crippen LogP contribution in [0.3, 0.4) is 0 Å². The zero-order chi connectivity index (χ0) is 50.5. The number of nitrogens with zero attached hydrogens (tertiary/aromatic N) is 4. The maximum absolute atomic E-state index is 13.5. The van der Waals surface area contributed by atoms with E-state index in [-0.39, 0.29) is 52.5 Å². The fraction of sp³-hybridized carbons (Fsp3) is 0.418. The van der Waals surface area contributed by atoms with E-state index in [4.69, 9.17) is 19.2 Å². The molecule has 4 aromatic carbocycles. The molecule has 2 saturated carbocycles. The van der Waals surface area contributed by atoms with Gasteiger partial charge in [0.2, 0.25) is 0 Å². The number of fused-ring (bicyclic) bond motifs is 2. The van der Waals surface area contributed by atoms with Gasteiger partial charge in [-0.05, 0) is 172 Å². The van der Waals surface area contributed by atoms with Gasteiger partial charge in [-0.3, -0.25) is 37.9 Å². The zero-order valence-electron chi connectivity index (χ0n) is 40.8. The first-order valence-corrected chi connectivity index (χ1v) is 23.8. The van der Waals surface area contributed by atoms with Gasteiger partial charge in [-0.1, -0.05) is 12.1 Å². The SMILES string of the molecule is C1CCOC1.CC(=O)c1ccc2c(=O)n(-c3ccc(F)cc3)c(CC3CC(C(=O)OC(C)(C)C)C3)nc2c1.CC(C)(C)OC(=O)C1CC(Cc2nc3cc(C=O)ccc3c(=O)n2-c2ccc(F)cc2)C1. The zero-order valence-corrected chi connectivity index (χ0v) is 40.8. The second-order valence-electron chi connectivity index (χ2n) is 20.3. The molecule has 0 spiro atoms. The fourth-order valence-electron chi connectivity index (χ4n) is 8.75. The quantitative estimate of drug-likeness (QED) is 0.0729. The molecule has 0 unspecified atom stereocenters. The fourth-order valence-corrected chi connectivity index (χ4v) is 8.75. The molecule has 9 rings (SSSR count). The maximum atomic E-state index is 13.5. The number of benzene rings is 4. The van der Waals surface area contributed by atoms with E-state index in [1.165, 1.54) is 65.3 Å². The lowest BCUT2D eigenvalue weighted by molar-refractivity contribution is -0.165. The Morgan fingerprint density at radius 2 is 1.06 bits per heavy atom. The number of ketones is 1. The third kappa shape index (κ3) is 12.7. The lowest BCUT2D eigenvalue weighted by atomic mass is 9.73. The largest absolute Gasteiger partial charge is 0.460 e. The van der Waals surface area contributed by atoms with Crippen molar-refractivity contribution >= 4 is 45.8 Å². The van der Waals surface area contributed by atoms with Crippen LogP contribution in [0.4, 0.5) is 8.78 Å². The third-order valence-electron chi connectivity index (χ3n) is 12.3. The van der Waals surface area contributed by atoms with Gasteiger partial charge in [-0.2, -0.15) is 0 Å². The molecule has 3 fully saturated rings. The van der Waals surface area contributed by atoms with Gasteiger partial charge < -0.3 is 14.2 Å². The highest BCUT2D eigenvalue weighted by molar-refractivity contribution is 5.97. The molecule has 2 aliphatic carbocycles. The molecule has 13 nitrogen and oxygen atoms in total. The highest BCUT2D eigenvalue weighted by Crippen LogP contribution is 2.39. The number of carbonyl (C=O) groups excluding carboxylic acids is 4. The monoisotopic (exact) mass is 958 g/mol. The molecule has 3 heterocycles. The highest BCUT2D eigenvalue weighted by Gasteiger charge is 2.39. The molecular formula is C55H60F2N4O9. The van der Waals surface area contributed by atoms with Crippen molar-refractivity contribution in [2.24, 2.45) is 23.7 Å². The summed E-state index contributed by atoms with van der Waals surface area (Å²) in [5.41, 5.74) is 1.22. The third-order valence-corrected chi connectivity index (χ3v) is 12.3. The van der Waals surface area contributed by atoms with E-state index in [1.54, 1.807) is 48.5 Å². The Bertz CT molecular complexity index is 3000. The molecule has 6 aromatic rings. The van der Waals surface area contributed by atoms with Crippen LogP contribution >= 0.6 is 0 Å². The second-order valence-corrected chi connectivity index (χ2v) is 20.3. The lowest BCUT2D eigenvalue weighted by Gasteiger charge is -2.35. The van der Waals surface area contributed by atoms with E-state index >= 15 is 0 Å². The van der Waals surface area contributed by atoms with Crippen LogP contribution in [0.5, 0.6) is 0 Å². The van der Waals surface area contributed by atoms with Crippen molar-refractivity contribution in [1.29, 1.82) is 0 Å². The average Bonchev–Trinajstić information content (AvgIpc) is 3.86. The van der Waals surface area contributed by atoms with Crippen LogP contribution in [-0.2, 0) is 36.6 Å². The predicted octanol–water partition coefficient (Wildman–Crippen LogP) is 9.68. The number of hydrogen-bond acceptors (Lipinski definition) is 11. The summed E-state index contributed by atoms with van der Waals surface area (Å²) in [4.78, 5) is 83.8. The normalized spacial score (nSPS) is 18.6. The first-order valence-electron chi connectivity index (χ1n) is 23.8. The molecule has 368 valence electrons. The molecule has 2 aromatic heterocycles. The number of esters is 2. The highest BCUT2D eigenvalue weighted by atomic mass is 19.1. The van der Waals surface area contributed by atoms with Crippen LogP contribution < -0.4 is 11.1 Å². The summed E-state index contributed by atoms with van der Waals surface area (Å²) in [6.07, 6.45) is 6.84. The first kappa shape index (κ1) is 51.1. The smallest absolute Gasteiger partial charge is 0.309 e. The standard InChI is InChI=1S/C26H27FN2O4.C25H25FN2O4.C4H8O/c1-15(30)17-5-10-21-22(14-17)28-23(29(24(21)31)20-8-6-19(27)7-9-20)13-16-11-18(12-16)25(32)33-26(2,3)4;1-25(2,3)32-24(31)17-10-16(11-17)13-22-27-21-12-15(14-29)4-9-20(21)23(30)28(22)19-7-5-18(26)6-8-19;1-2-4-5-3-1/h5-10,14,16,18H,11-13H2,1-4H3;4-9,12,14,16-17H,10-11,13H2,1-3H3;1-4H2. The summed E-state index contributed by atoms with van der Waals surface area (Å²) < 4.78 is 45.9. The number of hydrogen-bond donors (Lipinski definition) is 0. The number of halogens is 2. The minimum Gasteiger partial charge on any atom is -0.460 e. The summed E-state index contributed by atoms with van der Waals surface area (Å²) in [5, 5.41) is 0.761. The van der Waals surface area contributed by atoms with E-state index < -0.39 is 22.8 Å². The van der Waals surface area contributed by atoms with E-state index in [1.807, 2.05) is 41.5 Å². The molecule has 0 bridgehead atoms. The lowest BCUT2D eigenvalue weighted by Crippen LogP contribution is -2.37. The summed E-state index contributed by atoms with van der Waals surface area (Å²) in [6.45, 7) is 14.5. The number of Topliss-reactive ketones (excluding diaryl/α,β-unsaturated/α-hetero) is 1. The van der Waals surface area contributed by atoms with Crippen LogP contribution in [-0.4, -0.2) is 67.5 Å². The van der Waals surface area contributed by atoms with Crippen molar-refractivity contribution in [2.75, 3.05) is 13.2 Å². The Balaban J connectivity index is 0.000000187. The van der Waals surface area contributed by atoms with Crippen LogP contribution in [0.2, 0.25) is 0 Å². The predicted molar refractivity (Wildman–Crippen MR) is 262 cm³/mol.